The summed E-state index contributed by atoms with van der Waals surface area (Å²) < 4.78 is 58.7. The Morgan fingerprint density at radius 3 is 2.79 bits per heavy atom. The largest absolute Gasteiger partial charge is 0.508 e. The lowest BCUT2D eigenvalue weighted by molar-refractivity contribution is -0.126. The summed E-state index contributed by atoms with van der Waals surface area (Å²) in [5.41, 5.74) is -1.03. The van der Waals surface area contributed by atoms with Gasteiger partial charge < -0.3 is 24.4 Å². The lowest BCUT2D eigenvalue weighted by atomic mass is 9.96. The Kier molecular flexibility index (Phi) is 9.71. The van der Waals surface area contributed by atoms with Gasteiger partial charge >= 0.3 is 6.01 Å². The van der Waals surface area contributed by atoms with Gasteiger partial charge in [-0.2, -0.15) is 9.97 Å². The molecule has 2 aromatic carbocycles. The summed E-state index contributed by atoms with van der Waals surface area (Å²) in [6, 6.07) is 5.21. The third-order valence-electron chi connectivity index (χ3n) is 10.7. The number of carbonyl (C=O) groups excluding carboxylic acids is 1. The number of nitrogens with zero attached hydrogens (tertiary/aromatic N) is 6. The number of benzene rings is 2. The smallest absolute Gasteiger partial charge is 0.319 e. The Morgan fingerprint density at radius 1 is 1.25 bits per heavy atom. The van der Waals surface area contributed by atoms with E-state index < -0.39 is 23.3 Å². The average Bonchev–Trinajstić information content (AvgIpc) is 3.73. The first kappa shape index (κ1) is 35.5. The third-order valence-corrected chi connectivity index (χ3v) is 10.7. The van der Waals surface area contributed by atoms with Gasteiger partial charge in [0.1, 0.15) is 41.4 Å². The molecule has 0 radical (unpaired) electrons. The number of fused-ring (bicyclic) bond motifs is 2. The fourth-order valence-electron chi connectivity index (χ4n) is 8.19. The van der Waals surface area contributed by atoms with E-state index in [9.17, 15) is 14.3 Å². The molecule has 52 heavy (non-hydrogen) atoms. The summed E-state index contributed by atoms with van der Waals surface area (Å²) in [5, 5.41) is 11.5. The van der Waals surface area contributed by atoms with Gasteiger partial charge in [0.25, 0.3) is 0 Å². The first-order valence-electron chi connectivity index (χ1n) is 17.5. The number of aromatic hydroxyl groups is 1. The second-order valence-electron chi connectivity index (χ2n) is 14.2. The zero-order chi connectivity index (χ0) is 36.7. The number of aromatic nitrogens is 3. The lowest BCUT2D eigenvalue weighted by Gasteiger charge is -2.41. The topological polar surface area (TPSA) is 104 Å². The molecule has 0 aliphatic carbocycles. The highest BCUT2D eigenvalue weighted by molar-refractivity contribution is 6.03. The molecular formula is C39H41F3N6O4. The quantitative estimate of drug-likeness (QED) is 0.171. The van der Waals surface area contributed by atoms with Crippen molar-refractivity contribution in [3.05, 3.63) is 60.3 Å². The second kappa shape index (κ2) is 14.2. The number of amides is 1. The van der Waals surface area contributed by atoms with Crippen LogP contribution < -0.4 is 9.64 Å². The number of carbonyl (C=O) groups is 1. The van der Waals surface area contributed by atoms with Crippen LogP contribution in [-0.2, 0) is 9.53 Å². The molecule has 272 valence electrons. The number of pyridine rings is 1. The number of phenolic OH excluding ortho intramolecular Hbond substituents is 1. The van der Waals surface area contributed by atoms with Crippen molar-refractivity contribution in [2.24, 2.45) is 0 Å². The number of alkyl halides is 1. The molecule has 0 saturated carbocycles. The molecule has 0 spiro atoms. The molecule has 3 fully saturated rings. The van der Waals surface area contributed by atoms with E-state index in [1.165, 1.54) is 36.5 Å². The molecule has 4 aromatic rings. The van der Waals surface area contributed by atoms with Gasteiger partial charge in [0.05, 0.1) is 16.5 Å². The first-order valence-corrected chi connectivity index (χ1v) is 17.5. The van der Waals surface area contributed by atoms with E-state index in [0.29, 0.717) is 37.5 Å². The highest BCUT2D eigenvalue weighted by Crippen LogP contribution is 2.40. The number of hydrogen-bond donors (Lipinski definition) is 1. The van der Waals surface area contributed by atoms with Crippen LogP contribution in [0.4, 0.5) is 19.0 Å². The minimum absolute atomic E-state index is 0.0469. The lowest BCUT2D eigenvalue weighted by Crippen LogP contribution is -2.52. The Hall–Kier alpha value is -4.93. The fourth-order valence-corrected chi connectivity index (χ4v) is 8.19. The molecule has 3 aliphatic rings. The van der Waals surface area contributed by atoms with Crippen LogP contribution in [0.5, 0.6) is 11.8 Å². The summed E-state index contributed by atoms with van der Waals surface area (Å²) in [7, 11) is 1.79. The van der Waals surface area contributed by atoms with Crippen LogP contribution in [0.15, 0.2) is 43.1 Å². The van der Waals surface area contributed by atoms with E-state index in [1.807, 2.05) is 11.8 Å². The predicted molar refractivity (Wildman–Crippen MR) is 192 cm³/mol. The van der Waals surface area contributed by atoms with E-state index >= 15 is 8.78 Å². The molecule has 5 heterocycles. The van der Waals surface area contributed by atoms with E-state index in [2.05, 4.69) is 27.4 Å². The van der Waals surface area contributed by atoms with Gasteiger partial charge in [-0.3, -0.25) is 14.7 Å². The molecule has 0 unspecified atom stereocenters. The summed E-state index contributed by atoms with van der Waals surface area (Å²) in [4.78, 5) is 32.1. The van der Waals surface area contributed by atoms with Crippen molar-refractivity contribution >= 4 is 33.4 Å². The fraction of sp³-hybridized carbons (Fsp3) is 0.436. The van der Waals surface area contributed by atoms with Crippen LogP contribution >= 0.6 is 0 Å². The Balaban J connectivity index is 1.32. The van der Waals surface area contributed by atoms with Crippen molar-refractivity contribution in [1.29, 1.82) is 0 Å². The van der Waals surface area contributed by atoms with Crippen LogP contribution in [0.3, 0.4) is 0 Å². The molecule has 13 heteroatoms. The third kappa shape index (κ3) is 6.50. The summed E-state index contributed by atoms with van der Waals surface area (Å²) in [5.74, 6) is 0.775. The number of rotatable bonds is 9. The van der Waals surface area contributed by atoms with Gasteiger partial charge in [-0.05, 0) is 62.3 Å². The van der Waals surface area contributed by atoms with Gasteiger partial charge in [0, 0.05) is 75.5 Å². The number of anilines is 1. The number of terminal acetylenes is 1. The minimum Gasteiger partial charge on any atom is -0.508 e. The van der Waals surface area contributed by atoms with E-state index in [0.717, 1.165) is 25.7 Å². The van der Waals surface area contributed by atoms with Crippen LogP contribution in [0.25, 0.3) is 32.9 Å². The van der Waals surface area contributed by atoms with Gasteiger partial charge in [0.15, 0.2) is 5.82 Å². The molecule has 0 bridgehead atoms. The number of ether oxygens (including phenoxy) is 2. The Labute approximate surface area is 300 Å². The SMILES string of the molecule is C#Cc1c(F)ccc2cc(O)cc(-c3ncc4c(N(C)C[C@@H]5CCCN5C(=O)C=C)nc(OC[C@]5(C)C[C@@H](F)CN5C5CCOCC5)nc4c3F)c12. The number of halogens is 3. The highest BCUT2D eigenvalue weighted by Gasteiger charge is 2.46. The van der Waals surface area contributed by atoms with Crippen LogP contribution in [0.2, 0.25) is 0 Å². The van der Waals surface area contributed by atoms with E-state index in [4.69, 9.17) is 20.9 Å². The van der Waals surface area contributed by atoms with Crippen molar-refractivity contribution in [3.63, 3.8) is 0 Å². The average molecular weight is 715 g/mol. The number of likely N-dealkylation sites (tertiary alicyclic amines) is 2. The van der Waals surface area contributed by atoms with Crippen LogP contribution in [0, 0.1) is 24.0 Å². The molecule has 3 atom stereocenters. The summed E-state index contributed by atoms with van der Waals surface area (Å²) in [6.07, 6.45) is 10.8. The molecule has 10 nitrogen and oxygen atoms in total. The van der Waals surface area contributed by atoms with Crippen molar-refractivity contribution in [2.45, 2.75) is 62.8 Å². The van der Waals surface area contributed by atoms with Crippen LogP contribution in [0.1, 0.15) is 44.6 Å². The van der Waals surface area contributed by atoms with Crippen molar-refractivity contribution in [1.82, 2.24) is 24.8 Å². The first-order chi connectivity index (χ1) is 25.0. The molecule has 3 aliphatic heterocycles. The molecule has 1 N–H and O–H groups in total. The zero-order valence-electron chi connectivity index (χ0n) is 29.2. The zero-order valence-corrected chi connectivity index (χ0v) is 29.2. The van der Waals surface area contributed by atoms with Gasteiger partial charge in [-0.15, -0.1) is 6.42 Å². The molecule has 1 amide bonds. The maximum atomic E-state index is 17.0. The van der Waals surface area contributed by atoms with Crippen LogP contribution in [-0.4, -0.2) is 106 Å². The minimum atomic E-state index is -1.04. The van der Waals surface area contributed by atoms with Gasteiger partial charge in [0.2, 0.25) is 5.91 Å². The number of phenols is 1. The molecule has 3 saturated heterocycles. The highest BCUT2D eigenvalue weighted by atomic mass is 19.1. The number of likely N-dealkylation sites (N-methyl/N-ethyl adjacent to an activating group) is 1. The van der Waals surface area contributed by atoms with Crippen molar-refractivity contribution in [3.8, 4) is 35.4 Å². The van der Waals surface area contributed by atoms with E-state index in [-0.39, 0.29) is 82.4 Å². The maximum Gasteiger partial charge on any atom is 0.319 e. The molecular weight excluding hydrogens is 673 g/mol. The predicted octanol–water partition coefficient (Wildman–Crippen LogP) is 5.78. The summed E-state index contributed by atoms with van der Waals surface area (Å²) in [6.45, 7) is 8.10. The Morgan fingerprint density at radius 2 is 2.04 bits per heavy atom. The monoisotopic (exact) mass is 714 g/mol. The van der Waals surface area contributed by atoms with Gasteiger partial charge in [-0.25, -0.2) is 13.2 Å². The van der Waals surface area contributed by atoms with Crippen molar-refractivity contribution in [2.75, 3.05) is 51.4 Å². The summed E-state index contributed by atoms with van der Waals surface area (Å²) >= 11 is 0. The van der Waals surface area contributed by atoms with E-state index in [1.54, 1.807) is 11.9 Å². The standard InChI is InChI=1S/C39H41F3N6O4/c1-5-28-31(41)10-9-23-16-27(49)17-29(33(23)28)35-34(42)36-30(19-43-35)37(46(4)21-26-8-7-13-47(26)32(50)6-2)45-38(44-36)52-22-39(3)18-24(40)20-48(39)25-11-14-51-15-12-25/h1,6,9-10,16-17,19,24-26,49H,2,7-8,11-15,18,20-22H2,3-4H3/t24-,26+,39+/m1/s1. The molecule has 2 aromatic heterocycles. The second-order valence-corrected chi connectivity index (χ2v) is 14.2. The van der Waals surface area contributed by atoms with Gasteiger partial charge in [-0.1, -0.05) is 18.6 Å². The van der Waals surface area contributed by atoms with Crippen molar-refractivity contribution < 1.29 is 32.5 Å². The number of hydrogen-bond acceptors (Lipinski definition) is 9. The Bertz CT molecular complexity index is 2090. The molecule has 7 rings (SSSR count). The normalized spacial score (nSPS) is 22.6. The maximum absolute atomic E-state index is 17.0.